The molecule has 1 aromatic carbocycles. The van der Waals surface area contributed by atoms with Gasteiger partial charge in [0.25, 0.3) is 0 Å². The van der Waals surface area contributed by atoms with Crippen molar-refractivity contribution in [3.05, 3.63) is 70.5 Å². The molecule has 0 fully saturated rings. The number of thiophene rings is 1. The summed E-state index contributed by atoms with van der Waals surface area (Å²) in [5, 5.41) is 16.7. The molecule has 0 saturated carbocycles. The molecule has 2 N–H and O–H groups in total. The van der Waals surface area contributed by atoms with E-state index in [2.05, 4.69) is 21.7 Å². The fourth-order valence-corrected chi connectivity index (χ4v) is 2.80. The zero-order valence-corrected chi connectivity index (χ0v) is 13.5. The van der Waals surface area contributed by atoms with Gasteiger partial charge in [-0.3, -0.25) is 4.79 Å². The predicted molar refractivity (Wildman–Crippen MR) is 95.3 cm³/mol. The van der Waals surface area contributed by atoms with Crippen molar-refractivity contribution >= 4 is 34.4 Å². The number of nitriles is 1. The summed E-state index contributed by atoms with van der Waals surface area (Å²) in [4.78, 5) is 17.2. The lowest BCUT2D eigenvalue weighted by molar-refractivity contribution is -0.115. The number of aromatic nitrogens is 1. The number of rotatable bonds is 5. The fourth-order valence-electron chi connectivity index (χ4n) is 2.09. The average molecular weight is 334 g/mol. The Morgan fingerprint density at radius 1 is 1.12 bits per heavy atom. The van der Waals surface area contributed by atoms with Crippen LogP contribution in [0.25, 0.3) is 0 Å². The van der Waals surface area contributed by atoms with Gasteiger partial charge in [0.05, 0.1) is 29.9 Å². The molecule has 1 amide bonds. The zero-order chi connectivity index (χ0) is 16.8. The molecule has 0 aliphatic rings. The molecule has 0 unspecified atom stereocenters. The SMILES string of the molecule is N#Cc1ccc(Nc2ccc(NC(=O)Cc3cccs3)nc2)cc1. The van der Waals surface area contributed by atoms with Crippen LogP contribution in [0.3, 0.4) is 0 Å². The number of pyridine rings is 1. The standard InChI is InChI=1S/C18H14N4OS/c19-11-13-3-5-14(6-4-13)21-15-7-8-17(20-12-15)22-18(23)10-16-2-1-9-24-16/h1-9,12,21H,10H2,(H,20,22,23). The quantitative estimate of drug-likeness (QED) is 0.741. The third-order valence-corrected chi connectivity index (χ3v) is 4.12. The molecule has 0 spiro atoms. The van der Waals surface area contributed by atoms with Gasteiger partial charge < -0.3 is 10.6 Å². The van der Waals surface area contributed by atoms with E-state index in [4.69, 9.17) is 5.26 Å². The zero-order valence-electron chi connectivity index (χ0n) is 12.7. The first kappa shape index (κ1) is 15.7. The topological polar surface area (TPSA) is 77.8 Å². The molecule has 2 aromatic heterocycles. The van der Waals surface area contributed by atoms with E-state index in [0.717, 1.165) is 16.3 Å². The second-order valence-electron chi connectivity index (χ2n) is 5.05. The van der Waals surface area contributed by atoms with Gasteiger partial charge in [0, 0.05) is 10.6 Å². The third-order valence-electron chi connectivity index (χ3n) is 3.25. The van der Waals surface area contributed by atoms with Crippen molar-refractivity contribution in [2.45, 2.75) is 6.42 Å². The van der Waals surface area contributed by atoms with Crippen LogP contribution in [0.1, 0.15) is 10.4 Å². The van der Waals surface area contributed by atoms with Crippen LogP contribution in [-0.2, 0) is 11.2 Å². The summed E-state index contributed by atoms with van der Waals surface area (Å²) in [6.07, 6.45) is 2.00. The Hall–Kier alpha value is -3.17. The fraction of sp³-hybridized carbons (Fsp3) is 0.0556. The number of benzene rings is 1. The van der Waals surface area contributed by atoms with Crippen molar-refractivity contribution < 1.29 is 4.79 Å². The third kappa shape index (κ3) is 4.18. The van der Waals surface area contributed by atoms with Gasteiger partial charge in [0.1, 0.15) is 5.82 Å². The van der Waals surface area contributed by atoms with Gasteiger partial charge in [-0.25, -0.2) is 4.98 Å². The Balaban J connectivity index is 1.58. The highest BCUT2D eigenvalue weighted by Crippen LogP contribution is 2.18. The monoisotopic (exact) mass is 334 g/mol. The number of hydrogen-bond acceptors (Lipinski definition) is 5. The van der Waals surface area contributed by atoms with Gasteiger partial charge in [-0.1, -0.05) is 6.07 Å². The van der Waals surface area contributed by atoms with Crippen molar-refractivity contribution in [2.75, 3.05) is 10.6 Å². The van der Waals surface area contributed by atoms with Crippen molar-refractivity contribution in [1.82, 2.24) is 4.98 Å². The molecule has 2 heterocycles. The van der Waals surface area contributed by atoms with Crippen molar-refractivity contribution in [3.63, 3.8) is 0 Å². The van der Waals surface area contributed by atoms with Gasteiger partial charge >= 0.3 is 0 Å². The second-order valence-corrected chi connectivity index (χ2v) is 6.08. The normalized spacial score (nSPS) is 9.96. The maximum absolute atomic E-state index is 11.9. The summed E-state index contributed by atoms with van der Waals surface area (Å²) in [5.41, 5.74) is 2.28. The van der Waals surface area contributed by atoms with Crippen molar-refractivity contribution in [1.29, 1.82) is 5.26 Å². The summed E-state index contributed by atoms with van der Waals surface area (Å²) in [5.74, 6) is 0.430. The van der Waals surface area contributed by atoms with Crippen molar-refractivity contribution in [3.8, 4) is 6.07 Å². The number of amides is 1. The summed E-state index contributed by atoms with van der Waals surface area (Å²) in [7, 11) is 0. The molecule has 0 aliphatic carbocycles. The number of nitrogens with one attached hydrogen (secondary N) is 2. The second kappa shape index (κ2) is 7.40. The molecular weight excluding hydrogens is 320 g/mol. The largest absolute Gasteiger partial charge is 0.354 e. The first-order valence-electron chi connectivity index (χ1n) is 7.28. The lowest BCUT2D eigenvalue weighted by Gasteiger charge is -2.08. The van der Waals surface area contributed by atoms with E-state index in [1.165, 1.54) is 0 Å². The molecular formula is C18H14N4OS. The summed E-state index contributed by atoms with van der Waals surface area (Å²) >= 11 is 1.56. The molecule has 0 saturated heterocycles. The summed E-state index contributed by atoms with van der Waals surface area (Å²) in [6.45, 7) is 0. The van der Waals surface area contributed by atoms with Crippen LogP contribution >= 0.6 is 11.3 Å². The van der Waals surface area contributed by atoms with Crippen LogP contribution in [0.15, 0.2) is 60.1 Å². The van der Waals surface area contributed by atoms with Crippen LogP contribution in [-0.4, -0.2) is 10.9 Å². The van der Waals surface area contributed by atoms with E-state index in [0.29, 0.717) is 17.8 Å². The number of carbonyl (C=O) groups is 1. The predicted octanol–water partition coefficient (Wildman–Crippen LogP) is 3.94. The molecule has 0 atom stereocenters. The Kier molecular flexibility index (Phi) is 4.84. The number of nitrogens with zero attached hydrogens (tertiary/aromatic N) is 2. The van der Waals surface area contributed by atoms with Crippen LogP contribution in [0.5, 0.6) is 0 Å². The minimum atomic E-state index is -0.0854. The van der Waals surface area contributed by atoms with Crippen LogP contribution in [0.2, 0.25) is 0 Å². The lowest BCUT2D eigenvalue weighted by atomic mass is 10.2. The van der Waals surface area contributed by atoms with Crippen LogP contribution < -0.4 is 10.6 Å². The minimum Gasteiger partial charge on any atom is -0.354 e. The van der Waals surface area contributed by atoms with Crippen LogP contribution in [0.4, 0.5) is 17.2 Å². The first-order chi connectivity index (χ1) is 11.7. The molecule has 118 valence electrons. The summed E-state index contributed by atoms with van der Waals surface area (Å²) in [6, 6.07) is 16.7. The van der Waals surface area contributed by atoms with E-state index in [-0.39, 0.29) is 5.91 Å². The van der Waals surface area contributed by atoms with Gasteiger partial charge in [-0.15, -0.1) is 11.3 Å². The molecule has 6 heteroatoms. The highest BCUT2D eigenvalue weighted by atomic mass is 32.1. The molecule has 5 nitrogen and oxygen atoms in total. The smallest absolute Gasteiger partial charge is 0.230 e. The molecule has 0 aliphatic heterocycles. The van der Waals surface area contributed by atoms with E-state index in [9.17, 15) is 4.79 Å². The van der Waals surface area contributed by atoms with Gasteiger partial charge in [-0.05, 0) is 47.8 Å². The Labute approximate surface area is 143 Å². The van der Waals surface area contributed by atoms with E-state index >= 15 is 0 Å². The lowest BCUT2D eigenvalue weighted by Crippen LogP contribution is -2.14. The maximum Gasteiger partial charge on any atom is 0.230 e. The molecule has 3 aromatic rings. The van der Waals surface area contributed by atoms with E-state index < -0.39 is 0 Å². The number of anilines is 3. The molecule has 0 radical (unpaired) electrons. The highest BCUT2D eigenvalue weighted by Gasteiger charge is 2.06. The Morgan fingerprint density at radius 3 is 2.54 bits per heavy atom. The van der Waals surface area contributed by atoms with Crippen molar-refractivity contribution in [2.24, 2.45) is 0 Å². The number of hydrogen-bond donors (Lipinski definition) is 2. The van der Waals surface area contributed by atoms with Gasteiger partial charge in [0.15, 0.2) is 0 Å². The van der Waals surface area contributed by atoms with E-state index in [1.54, 1.807) is 35.7 Å². The average Bonchev–Trinajstić information content (AvgIpc) is 3.10. The van der Waals surface area contributed by atoms with Gasteiger partial charge in [-0.2, -0.15) is 5.26 Å². The Morgan fingerprint density at radius 2 is 1.92 bits per heavy atom. The highest BCUT2D eigenvalue weighted by molar-refractivity contribution is 7.10. The van der Waals surface area contributed by atoms with E-state index in [1.807, 2.05) is 35.7 Å². The molecule has 0 bridgehead atoms. The number of carbonyl (C=O) groups excluding carboxylic acids is 1. The van der Waals surface area contributed by atoms with Crippen LogP contribution in [0, 0.1) is 11.3 Å². The molecule has 24 heavy (non-hydrogen) atoms. The maximum atomic E-state index is 11.9. The first-order valence-corrected chi connectivity index (χ1v) is 8.16. The summed E-state index contributed by atoms with van der Waals surface area (Å²) < 4.78 is 0. The minimum absolute atomic E-state index is 0.0854. The molecule has 3 rings (SSSR count). The van der Waals surface area contributed by atoms with Gasteiger partial charge in [0.2, 0.25) is 5.91 Å². The Bertz CT molecular complexity index is 850.